The van der Waals surface area contributed by atoms with Crippen LogP contribution in [0.25, 0.3) is 0 Å². The molecule has 0 amide bonds. The smallest absolute Gasteiger partial charge is 0.00766 e. The summed E-state index contributed by atoms with van der Waals surface area (Å²) in [6.45, 7) is 13.1. The summed E-state index contributed by atoms with van der Waals surface area (Å²) in [5, 5.41) is 6.44. The Hall–Kier alpha value is -0.0800. The standard InChI is InChI=1S/C8H18.C6H16N2/c1-3-5-7-8-6-4-2;1-3-7-5-6-8-4-2/h3-8H2,1-2H3;7-8H,3-6H2,1-2H3. The van der Waals surface area contributed by atoms with Gasteiger partial charge in [-0.15, -0.1) is 0 Å². The van der Waals surface area contributed by atoms with Crippen LogP contribution < -0.4 is 10.6 Å². The average Bonchev–Trinajstić information content (AvgIpc) is 2.31. The van der Waals surface area contributed by atoms with Crippen molar-refractivity contribution in [3.63, 3.8) is 0 Å². The Morgan fingerprint density at radius 1 is 0.562 bits per heavy atom. The lowest BCUT2D eigenvalue weighted by Gasteiger charge is -1.99. The zero-order valence-corrected chi connectivity index (χ0v) is 12.1. The number of hydrogen-bond donors (Lipinski definition) is 2. The highest BCUT2D eigenvalue weighted by Gasteiger charge is 1.83. The highest BCUT2D eigenvalue weighted by Crippen LogP contribution is 2.03. The van der Waals surface area contributed by atoms with Gasteiger partial charge < -0.3 is 10.6 Å². The monoisotopic (exact) mass is 230 g/mol. The zero-order valence-electron chi connectivity index (χ0n) is 12.1. The van der Waals surface area contributed by atoms with Gasteiger partial charge in [0.05, 0.1) is 0 Å². The van der Waals surface area contributed by atoms with Crippen LogP contribution in [0.1, 0.15) is 66.2 Å². The SMILES string of the molecule is CCCCCCCC.CCNCCNCC. The van der Waals surface area contributed by atoms with Gasteiger partial charge in [0.2, 0.25) is 0 Å². The van der Waals surface area contributed by atoms with Crippen molar-refractivity contribution in [2.75, 3.05) is 26.2 Å². The van der Waals surface area contributed by atoms with Gasteiger partial charge in [-0.3, -0.25) is 0 Å². The molecule has 0 aliphatic heterocycles. The molecule has 0 bridgehead atoms. The minimum absolute atomic E-state index is 1.07. The van der Waals surface area contributed by atoms with E-state index in [1.54, 1.807) is 0 Å². The fourth-order valence-corrected chi connectivity index (χ4v) is 1.38. The summed E-state index contributed by atoms with van der Waals surface area (Å²) in [5.41, 5.74) is 0. The first kappa shape index (κ1) is 18.3. The lowest BCUT2D eigenvalue weighted by atomic mass is 10.1. The van der Waals surface area contributed by atoms with E-state index < -0.39 is 0 Å². The van der Waals surface area contributed by atoms with E-state index in [1.165, 1.54) is 38.5 Å². The predicted molar refractivity (Wildman–Crippen MR) is 76.1 cm³/mol. The molecular weight excluding hydrogens is 196 g/mol. The number of nitrogens with one attached hydrogen (secondary N) is 2. The summed E-state index contributed by atoms with van der Waals surface area (Å²) in [4.78, 5) is 0. The summed E-state index contributed by atoms with van der Waals surface area (Å²) in [5.74, 6) is 0. The Balaban J connectivity index is 0. The number of hydrogen-bond acceptors (Lipinski definition) is 2. The van der Waals surface area contributed by atoms with E-state index >= 15 is 0 Å². The molecule has 2 heteroatoms. The Morgan fingerprint density at radius 2 is 0.938 bits per heavy atom. The van der Waals surface area contributed by atoms with E-state index in [1.807, 2.05) is 0 Å². The number of likely N-dealkylation sites (N-methyl/N-ethyl adjacent to an activating group) is 2. The fraction of sp³-hybridized carbons (Fsp3) is 1.00. The first-order valence-corrected chi connectivity index (χ1v) is 7.24. The quantitative estimate of drug-likeness (QED) is 0.561. The summed E-state index contributed by atoms with van der Waals surface area (Å²) in [7, 11) is 0. The molecule has 0 unspecified atom stereocenters. The fourth-order valence-electron chi connectivity index (χ4n) is 1.38. The molecular formula is C14H34N2. The molecule has 0 atom stereocenters. The maximum absolute atomic E-state index is 3.22. The lowest BCUT2D eigenvalue weighted by molar-refractivity contribution is 0.624. The maximum Gasteiger partial charge on any atom is 0.00766 e. The van der Waals surface area contributed by atoms with Crippen LogP contribution in [0.15, 0.2) is 0 Å². The van der Waals surface area contributed by atoms with Crippen molar-refractivity contribution in [3.8, 4) is 0 Å². The minimum atomic E-state index is 1.07. The number of unbranched alkanes of at least 4 members (excludes halogenated alkanes) is 5. The van der Waals surface area contributed by atoms with E-state index in [9.17, 15) is 0 Å². The molecule has 2 nitrogen and oxygen atoms in total. The van der Waals surface area contributed by atoms with Crippen LogP contribution in [-0.4, -0.2) is 26.2 Å². The van der Waals surface area contributed by atoms with Crippen LogP contribution in [0.2, 0.25) is 0 Å². The zero-order chi connectivity index (χ0) is 12.5. The molecule has 0 aromatic rings. The van der Waals surface area contributed by atoms with Crippen LogP contribution in [0.4, 0.5) is 0 Å². The molecule has 0 aliphatic carbocycles. The maximum atomic E-state index is 3.22. The molecule has 0 fully saturated rings. The third kappa shape index (κ3) is 23.6. The third-order valence-electron chi connectivity index (χ3n) is 2.44. The van der Waals surface area contributed by atoms with E-state index in [0.717, 1.165) is 26.2 Å². The highest BCUT2D eigenvalue weighted by atomic mass is 14.9. The summed E-state index contributed by atoms with van der Waals surface area (Å²) in [6, 6.07) is 0. The average molecular weight is 230 g/mol. The number of rotatable bonds is 10. The van der Waals surface area contributed by atoms with Crippen molar-refractivity contribution >= 4 is 0 Å². The molecule has 0 spiro atoms. The second-order valence-electron chi connectivity index (χ2n) is 4.12. The van der Waals surface area contributed by atoms with Crippen molar-refractivity contribution in [2.45, 2.75) is 66.2 Å². The summed E-state index contributed by atoms with van der Waals surface area (Å²) < 4.78 is 0. The predicted octanol–water partition coefficient (Wildman–Crippen LogP) is 3.57. The van der Waals surface area contributed by atoms with Gasteiger partial charge in [0.1, 0.15) is 0 Å². The molecule has 0 radical (unpaired) electrons. The van der Waals surface area contributed by atoms with Gasteiger partial charge in [-0.1, -0.05) is 66.2 Å². The molecule has 0 saturated heterocycles. The molecule has 0 rings (SSSR count). The largest absolute Gasteiger partial charge is 0.316 e. The molecule has 16 heavy (non-hydrogen) atoms. The topological polar surface area (TPSA) is 24.1 Å². The second kappa shape index (κ2) is 20.3. The van der Waals surface area contributed by atoms with Crippen molar-refractivity contribution < 1.29 is 0 Å². The van der Waals surface area contributed by atoms with Crippen molar-refractivity contribution in [3.05, 3.63) is 0 Å². The second-order valence-corrected chi connectivity index (χ2v) is 4.12. The molecule has 0 saturated carbocycles. The van der Waals surface area contributed by atoms with E-state index in [-0.39, 0.29) is 0 Å². The molecule has 0 aromatic carbocycles. The van der Waals surface area contributed by atoms with Crippen molar-refractivity contribution in [2.24, 2.45) is 0 Å². The van der Waals surface area contributed by atoms with Crippen LogP contribution in [0.3, 0.4) is 0 Å². The Morgan fingerprint density at radius 3 is 1.19 bits per heavy atom. The normalized spacial score (nSPS) is 9.75. The van der Waals surface area contributed by atoms with Gasteiger partial charge >= 0.3 is 0 Å². The van der Waals surface area contributed by atoms with E-state index in [0.29, 0.717) is 0 Å². The van der Waals surface area contributed by atoms with Crippen LogP contribution in [0.5, 0.6) is 0 Å². The van der Waals surface area contributed by atoms with E-state index in [4.69, 9.17) is 0 Å². The van der Waals surface area contributed by atoms with Gasteiger partial charge in [0.25, 0.3) is 0 Å². The molecule has 0 aromatic heterocycles. The van der Waals surface area contributed by atoms with Gasteiger partial charge in [0.15, 0.2) is 0 Å². The van der Waals surface area contributed by atoms with Gasteiger partial charge in [-0.2, -0.15) is 0 Å². The Kier molecular flexibility index (Phi) is 23.3. The molecule has 0 aliphatic rings. The van der Waals surface area contributed by atoms with Gasteiger partial charge in [-0.25, -0.2) is 0 Å². The van der Waals surface area contributed by atoms with E-state index in [2.05, 4.69) is 38.3 Å². The van der Waals surface area contributed by atoms with Crippen molar-refractivity contribution in [1.82, 2.24) is 10.6 Å². The Bertz CT molecular complexity index is 70.7. The third-order valence-corrected chi connectivity index (χ3v) is 2.44. The van der Waals surface area contributed by atoms with Crippen LogP contribution in [0, 0.1) is 0 Å². The molecule has 2 N–H and O–H groups in total. The van der Waals surface area contributed by atoms with Crippen LogP contribution >= 0.6 is 0 Å². The van der Waals surface area contributed by atoms with Gasteiger partial charge in [-0.05, 0) is 13.1 Å². The Labute approximate surface area is 104 Å². The molecule has 100 valence electrons. The minimum Gasteiger partial charge on any atom is -0.316 e. The molecule has 0 heterocycles. The summed E-state index contributed by atoms with van der Waals surface area (Å²) in [6.07, 6.45) is 8.49. The highest BCUT2D eigenvalue weighted by molar-refractivity contribution is 4.46. The van der Waals surface area contributed by atoms with Gasteiger partial charge in [0, 0.05) is 13.1 Å². The first-order valence-electron chi connectivity index (χ1n) is 7.24. The summed E-state index contributed by atoms with van der Waals surface area (Å²) >= 11 is 0. The van der Waals surface area contributed by atoms with Crippen LogP contribution in [-0.2, 0) is 0 Å². The lowest BCUT2D eigenvalue weighted by Crippen LogP contribution is -2.26. The first-order chi connectivity index (χ1) is 7.83. The van der Waals surface area contributed by atoms with Crippen molar-refractivity contribution in [1.29, 1.82) is 0 Å².